The number of fused-ring (bicyclic) bond motifs is 1. The highest BCUT2D eigenvalue weighted by Crippen LogP contribution is 2.36. The summed E-state index contributed by atoms with van der Waals surface area (Å²) in [5, 5.41) is 30.1. The molecule has 12 nitrogen and oxygen atoms in total. The van der Waals surface area contributed by atoms with Gasteiger partial charge >= 0.3 is 5.97 Å². The van der Waals surface area contributed by atoms with Crippen molar-refractivity contribution >= 4 is 46.1 Å². The number of nitrogens with zero attached hydrogens (tertiary/aromatic N) is 3. The summed E-state index contributed by atoms with van der Waals surface area (Å²) in [5.41, 5.74) is 4.84. The second-order valence-corrected chi connectivity index (χ2v) is 12.3. The van der Waals surface area contributed by atoms with Gasteiger partial charge in [0.2, 0.25) is 5.91 Å². The number of hydrogen-bond donors (Lipinski definition) is 3. The van der Waals surface area contributed by atoms with Crippen LogP contribution in [0, 0.1) is 0 Å². The molecule has 268 valence electrons. The molecule has 1 aromatic heterocycles. The van der Waals surface area contributed by atoms with Gasteiger partial charge in [-0.15, -0.1) is 0 Å². The van der Waals surface area contributed by atoms with Gasteiger partial charge in [-0.3, -0.25) is 14.9 Å². The van der Waals surface area contributed by atoms with Crippen LogP contribution < -0.4 is 19.5 Å². The lowest BCUT2D eigenvalue weighted by Crippen LogP contribution is -2.39. The molecule has 3 N–H and O–H groups in total. The molecule has 5 rings (SSSR count). The first-order valence-electron chi connectivity index (χ1n) is 16.3. The molecule has 1 heterocycles. The van der Waals surface area contributed by atoms with E-state index < -0.39 is 18.6 Å². The third-order valence-electron chi connectivity index (χ3n) is 8.15. The van der Waals surface area contributed by atoms with Gasteiger partial charge in [-0.05, 0) is 65.6 Å². The molecule has 0 aliphatic carbocycles. The maximum Gasteiger partial charge on any atom is 0.323 e. The second kappa shape index (κ2) is 17.9. The first-order chi connectivity index (χ1) is 24.7. The second-order valence-electron chi connectivity index (χ2n) is 11.5. The fourth-order valence-corrected chi connectivity index (χ4v) is 5.84. The minimum atomic E-state index is -1.19. The van der Waals surface area contributed by atoms with E-state index in [-0.39, 0.29) is 43.7 Å². The fraction of sp³-hybridized carbons (Fsp3) is 0.297. The molecule has 5 aromatic rings. The van der Waals surface area contributed by atoms with Gasteiger partial charge in [0.15, 0.2) is 0 Å². The summed E-state index contributed by atoms with van der Waals surface area (Å²) in [5.74, 6) is 0.185. The number of aliphatic hydroxyl groups excluding tert-OH is 1. The zero-order valence-corrected chi connectivity index (χ0v) is 29.6. The van der Waals surface area contributed by atoms with Crippen LogP contribution in [-0.4, -0.2) is 69.6 Å². The molecule has 0 aliphatic heterocycles. The lowest BCUT2D eigenvalue weighted by atomic mass is 10.0. The number of rotatable bonds is 18. The molecule has 0 spiro atoms. The Bertz CT molecular complexity index is 1970. The maximum atomic E-state index is 12.4. The van der Waals surface area contributed by atoms with Crippen LogP contribution in [-0.2, 0) is 29.3 Å². The standard InChI is InChI=1S/C37H38Cl2N4O8/c1-3-43(4-2)35(45)13-14-48-27-9-5-7-24(16-27)28-10-6-8-25(36(28)39)22-50-34-18-33(26(17-29(34)38)19-40-32(20-44)37(46)47)49-21-23-11-12-30-31(15-23)42-51-41-30/h5-12,15-18,32,40,44H,3-4,13-14,19-22H2,1-2H3,(H,46,47). The zero-order chi connectivity index (χ0) is 36.3. The molecule has 1 unspecified atom stereocenters. The Morgan fingerprint density at radius 2 is 1.65 bits per heavy atom. The lowest BCUT2D eigenvalue weighted by Gasteiger charge is -2.18. The first-order valence-corrected chi connectivity index (χ1v) is 17.1. The Kier molecular flexibility index (Phi) is 13.1. The van der Waals surface area contributed by atoms with E-state index in [0.717, 1.165) is 16.7 Å². The van der Waals surface area contributed by atoms with Crippen LogP contribution in [0.25, 0.3) is 22.2 Å². The quantitative estimate of drug-likeness (QED) is 0.0899. The average Bonchev–Trinajstić information content (AvgIpc) is 3.60. The third kappa shape index (κ3) is 9.67. The lowest BCUT2D eigenvalue weighted by molar-refractivity contribution is -0.140. The van der Waals surface area contributed by atoms with Crippen molar-refractivity contribution in [2.45, 2.75) is 46.1 Å². The van der Waals surface area contributed by atoms with Crippen molar-refractivity contribution in [1.29, 1.82) is 0 Å². The minimum absolute atomic E-state index is 0.0436. The van der Waals surface area contributed by atoms with Gasteiger partial charge in [0.25, 0.3) is 0 Å². The van der Waals surface area contributed by atoms with E-state index in [9.17, 15) is 19.8 Å². The number of hydrogen-bond acceptors (Lipinski definition) is 10. The average molecular weight is 738 g/mol. The van der Waals surface area contributed by atoms with E-state index >= 15 is 0 Å². The normalized spacial score (nSPS) is 11.7. The molecule has 0 saturated carbocycles. The van der Waals surface area contributed by atoms with Gasteiger partial charge in [-0.25, -0.2) is 4.63 Å². The van der Waals surface area contributed by atoms with Crippen molar-refractivity contribution in [2.75, 3.05) is 26.3 Å². The minimum Gasteiger partial charge on any atom is -0.493 e. The summed E-state index contributed by atoms with van der Waals surface area (Å²) < 4.78 is 23.0. The number of ether oxygens (including phenoxy) is 3. The number of carboxylic acid groups (broad SMARTS) is 1. The highest BCUT2D eigenvalue weighted by Gasteiger charge is 2.19. The van der Waals surface area contributed by atoms with Gasteiger partial charge in [-0.2, -0.15) is 0 Å². The van der Waals surface area contributed by atoms with Gasteiger partial charge in [0.05, 0.1) is 29.7 Å². The van der Waals surface area contributed by atoms with Crippen LogP contribution in [0.3, 0.4) is 0 Å². The molecule has 14 heteroatoms. The van der Waals surface area contributed by atoms with Crippen molar-refractivity contribution in [1.82, 2.24) is 20.5 Å². The number of carbonyl (C=O) groups excluding carboxylic acids is 1. The van der Waals surface area contributed by atoms with Crippen LogP contribution in [0.4, 0.5) is 0 Å². The number of aromatic nitrogens is 2. The van der Waals surface area contributed by atoms with E-state index in [1.807, 2.05) is 62.4 Å². The number of benzene rings is 4. The van der Waals surface area contributed by atoms with E-state index in [1.165, 1.54) is 0 Å². The summed E-state index contributed by atoms with van der Waals surface area (Å²) in [6, 6.07) is 20.6. The van der Waals surface area contributed by atoms with Crippen molar-refractivity contribution in [3.8, 4) is 28.4 Å². The largest absolute Gasteiger partial charge is 0.493 e. The fourth-order valence-electron chi connectivity index (χ4n) is 5.31. The Hall–Kier alpha value is -4.88. The number of aliphatic hydroxyl groups is 1. The van der Waals surface area contributed by atoms with Crippen molar-refractivity contribution in [3.63, 3.8) is 0 Å². The van der Waals surface area contributed by atoms with Gasteiger partial charge in [0.1, 0.15) is 47.5 Å². The number of halogens is 2. The topological polar surface area (TPSA) is 156 Å². The number of amides is 1. The Morgan fingerprint density at radius 1 is 0.882 bits per heavy atom. The highest BCUT2D eigenvalue weighted by atomic mass is 35.5. The number of carboxylic acids is 1. The van der Waals surface area contributed by atoms with E-state index in [0.29, 0.717) is 57.5 Å². The predicted molar refractivity (Wildman–Crippen MR) is 192 cm³/mol. The third-order valence-corrected chi connectivity index (χ3v) is 8.90. The summed E-state index contributed by atoms with van der Waals surface area (Å²) in [4.78, 5) is 25.6. The Balaban J connectivity index is 1.31. The Labute approximate surface area is 304 Å². The van der Waals surface area contributed by atoms with Crippen LogP contribution in [0.5, 0.6) is 17.2 Å². The summed E-state index contributed by atoms with van der Waals surface area (Å²) in [6.45, 7) is 5.15. The highest BCUT2D eigenvalue weighted by molar-refractivity contribution is 6.34. The SMILES string of the molecule is CCN(CC)C(=O)CCOc1cccc(-c2cccc(COc3cc(OCc4ccc5nonc5c4)c(CNC(CO)C(=O)O)cc3Cl)c2Cl)c1. The summed E-state index contributed by atoms with van der Waals surface area (Å²) in [6.07, 6.45) is 0.286. The molecule has 0 saturated heterocycles. The van der Waals surface area contributed by atoms with Gasteiger partial charge in [0, 0.05) is 42.4 Å². The molecule has 1 amide bonds. The van der Waals surface area contributed by atoms with Crippen LogP contribution in [0.15, 0.2) is 77.4 Å². The summed E-state index contributed by atoms with van der Waals surface area (Å²) in [7, 11) is 0. The van der Waals surface area contributed by atoms with E-state index in [2.05, 4.69) is 15.6 Å². The molecule has 51 heavy (non-hydrogen) atoms. The van der Waals surface area contributed by atoms with E-state index in [4.69, 9.17) is 42.0 Å². The van der Waals surface area contributed by atoms with Crippen molar-refractivity contribution in [2.24, 2.45) is 0 Å². The molecule has 0 aliphatic rings. The smallest absolute Gasteiger partial charge is 0.323 e. The van der Waals surface area contributed by atoms with Crippen molar-refractivity contribution in [3.05, 3.63) is 99.5 Å². The number of nitrogens with one attached hydrogen (secondary N) is 1. The molecule has 0 bridgehead atoms. The maximum absolute atomic E-state index is 12.4. The van der Waals surface area contributed by atoms with E-state index in [1.54, 1.807) is 29.2 Å². The molecule has 0 radical (unpaired) electrons. The first kappa shape index (κ1) is 37.4. The zero-order valence-electron chi connectivity index (χ0n) is 28.1. The molecular formula is C37H38Cl2N4O8. The van der Waals surface area contributed by atoms with Crippen LogP contribution in [0.1, 0.15) is 37.0 Å². The number of aliphatic carboxylic acids is 1. The monoisotopic (exact) mass is 736 g/mol. The van der Waals surface area contributed by atoms with Gasteiger partial charge < -0.3 is 29.3 Å². The van der Waals surface area contributed by atoms with Crippen molar-refractivity contribution < 1.29 is 38.6 Å². The summed E-state index contributed by atoms with van der Waals surface area (Å²) >= 11 is 13.6. The van der Waals surface area contributed by atoms with Crippen LogP contribution >= 0.6 is 23.2 Å². The predicted octanol–water partition coefficient (Wildman–Crippen LogP) is 6.53. The number of carbonyl (C=O) groups is 2. The molecule has 1 atom stereocenters. The molecule has 0 fully saturated rings. The molecular weight excluding hydrogens is 699 g/mol. The van der Waals surface area contributed by atoms with Crippen LogP contribution in [0.2, 0.25) is 10.0 Å². The van der Waals surface area contributed by atoms with Gasteiger partial charge in [-0.1, -0.05) is 59.6 Å². The Morgan fingerprint density at radius 3 is 2.41 bits per heavy atom. The molecule has 4 aromatic carbocycles.